The maximum Gasteiger partial charge on any atom is 0.253 e. The molecule has 0 spiro atoms. The minimum atomic E-state index is -0.253. The van der Waals surface area contributed by atoms with Crippen molar-refractivity contribution in [2.75, 3.05) is 24.8 Å². The molecule has 0 radical (unpaired) electrons. The summed E-state index contributed by atoms with van der Waals surface area (Å²) in [5.74, 6) is 0.950. The van der Waals surface area contributed by atoms with Crippen LogP contribution in [0.2, 0.25) is 0 Å². The predicted octanol–water partition coefficient (Wildman–Crippen LogP) is 3.62. The lowest BCUT2D eigenvalue weighted by atomic mass is 10.1. The van der Waals surface area contributed by atoms with Gasteiger partial charge < -0.3 is 31.0 Å². The van der Waals surface area contributed by atoms with E-state index in [9.17, 15) is 9.59 Å². The van der Waals surface area contributed by atoms with Gasteiger partial charge in [-0.05, 0) is 42.0 Å². The Labute approximate surface area is 201 Å². The van der Waals surface area contributed by atoms with E-state index < -0.39 is 0 Å². The number of fused-ring (bicyclic) bond motifs is 1. The number of amides is 2. The third-order valence-electron chi connectivity index (χ3n) is 5.23. The predicted molar refractivity (Wildman–Crippen MR) is 135 cm³/mol. The van der Waals surface area contributed by atoms with Crippen molar-refractivity contribution in [3.05, 3.63) is 78.5 Å². The van der Waals surface area contributed by atoms with E-state index in [4.69, 9.17) is 4.74 Å². The first kappa shape index (κ1) is 23.3. The number of carbonyl (C=O) groups excluding carboxylic acids is 2. The number of aromatic amines is 1. The summed E-state index contributed by atoms with van der Waals surface area (Å²) in [6, 6.07) is 14.5. The number of nitrogens with zero attached hydrogens (tertiary/aromatic N) is 2. The Bertz CT molecular complexity index is 1400. The van der Waals surface area contributed by atoms with Crippen molar-refractivity contribution >= 4 is 46.0 Å². The summed E-state index contributed by atoms with van der Waals surface area (Å²) in [5.41, 5.74) is 3.23. The first-order chi connectivity index (χ1) is 17.0. The zero-order chi connectivity index (χ0) is 24.8. The molecule has 0 unspecified atom stereocenters. The normalized spacial score (nSPS) is 10.5. The molecule has 0 saturated carbocycles. The Kier molecular flexibility index (Phi) is 6.91. The zero-order valence-electron chi connectivity index (χ0n) is 19.3. The number of para-hydroxylation sites is 1. The van der Waals surface area contributed by atoms with Crippen LogP contribution in [0, 0.1) is 0 Å². The second kappa shape index (κ2) is 10.4. The molecule has 2 aromatic heterocycles. The molecule has 0 aliphatic heterocycles. The van der Waals surface area contributed by atoms with Crippen LogP contribution in [-0.2, 0) is 11.3 Å². The number of hydrogen-bond donors (Lipinski definition) is 5. The van der Waals surface area contributed by atoms with Crippen LogP contribution in [0.4, 0.5) is 23.1 Å². The van der Waals surface area contributed by atoms with Gasteiger partial charge in [-0.1, -0.05) is 24.8 Å². The van der Waals surface area contributed by atoms with Gasteiger partial charge in [-0.2, -0.15) is 9.97 Å². The third kappa shape index (κ3) is 5.22. The summed E-state index contributed by atoms with van der Waals surface area (Å²) in [6.45, 7) is 3.79. The Hall–Kier alpha value is -4.86. The van der Waals surface area contributed by atoms with Crippen LogP contribution in [0.15, 0.2) is 67.4 Å². The SMILES string of the molecule is C=CC(=O)NCc1ccc(Nc2nc(Nc3ccccc3C(=O)NC)c3cc[nH]c3n2)c(OC)c1. The lowest BCUT2D eigenvalue weighted by Crippen LogP contribution is -2.19. The number of anilines is 4. The van der Waals surface area contributed by atoms with E-state index in [0.717, 1.165) is 10.9 Å². The lowest BCUT2D eigenvalue weighted by molar-refractivity contribution is -0.116. The second-order valence-electron chi connectivity index (χ2n) is 7.47. The Morgan fingerprint density at radius 1 is 1.09 bits per heavy atom. The maximum atomic E-state index is 12.3. The van der Waals surface area contributed by atoms with Crippen LogP contribution in [0.25, 0.3) is 11.0 Å². The fourth-order valence-electron chi connectivity index (χ4n) is 3.48. The van der Waals surface area contributed by atoms with Crippen molar-refractivity contribution in [2.24, 2.45) is 0 Å². The summed E-state index contributed by atoms with van der Waals surface area (Å²) >= 11 is 0. The highest BCUT2D eigenvalue weighted by Gasteiger charge is 2.15. The Balaban J connectivity index is 1.64. The van der Waals surface area contributed by atoms with Gasteiger partial charge in [-0.15, -0.1) is 0 Å². The molecule has 0 aliphatic rings. The molecular formula is C25H25N7O3. The van der Waals surface area contributed by atoms with Crippen molar-refractivity contribution in [3.8, 4) is 5.75 Å². The molecule has 178 valence electrons. The van der Waals surface area contributed by atoms with Gasteiger partial charge in [0, 0.05) is 19.8 Å². The monoisotopic (exact) mass is 471 g/mol. The fraction of sp³-hybridized carbons (Fsp3) is 0.120. The van der Waals surface area contributed by atoms with E-state index >= 15 is 0 Å². The molecule has 2 heterocycles. The average Bonchev–Trinajstić information content (AvgIpc) is 3.36. The molecule has 4 rings (SSSR count). The molecule has 0 saturated heterocycles. The highest BCUT2D eigenvalue weighted by Crippen LogP contribution is 2.31. The number of ether oxygens (including phenoxy) is 1. The third-order valence-corrected chi connectivity index (χ3v) is 5.23. The fourth-order valence-corrected chi connectivity index (χ4v) is 3.48. The largest absolute Gasteiger partial charge is 0.495 e. The summed E-state index contributed by atoms with van der Waals surface area (Å²) in [4.78, 5) is 36.1. The van der Waals surface area contributed by atoms with Gasteiger partial charge in [0.15, 0.2) is 0 Å². The molecule has 10 nitrogen and oxygen atoms in total. The van der Waals surface area contributed by atoms with Gasteiger partial charge in [0.05, 0.1) is 29.4 Å². The van der Waals surface area contributed by atoms with E-state index in [1.54, 1.807) is 32.5 Å². The summed E-state index contributed by atoms with van der Waals surface area (Å²) in [6.07, 6.45) is 2.99. The first-order valence-corrected chi connectivity index (χ1v) is 10.8. The highest BCUT2D eigenvalue weighted by atomic mass is 16.5. The van der Waals surface area contributed by atoms with E-state index in [0.29, 0.717) is 46.6 Å². The lowest BCUT2D eigenvalue weighted by Gasteiger charge is -2.14. The van der Waals surface area contributed by atoms with Crippen molar-refractivity contribution in [3.63, 3.8) is 0 Å². The van der Waals surface area contributed by atoms with Crippen molar-refractivity contribution < 1.29 is 14.3 Å². The zero-order valence-corrected chi connectivity index (χ0v) is 19.3. The van der Waals surface area contributed by atoms with Gasteiger partial charge in [0.2, 0.25) is 11.9 Å². The Morgan fingerprint density at radius 3 is 2.69 bits per heavy atom. The number of rotatable bonds is 9. The van der Waals surface area contributed by atoms with Crippen molar-refractivity contribution in [2.45, 2.75) is 6.54 Å². The van der Waals surface area contributed by atoms with E-state index in [-0.39, 0.29) is 11.8 Å². The van der Waals surface area contributed by atoms with Crippen LogP contribution in [0.5, 0.6) is 5.75 Å². The molecule has 10 heteroatoms. The topological polar surface area (TPSA) is 133 Å². The highest BCUT2D eigenvalue weighted by molar-refractivity contribution is 6.01. The van der Waals surface area contributed by atoms with Crippen LogP contribution in [0.3, 0.4) is 0 Å². The summed E-state index contributed by atoms with van der Waals surface area (Å²) in [7, 11) is 3.15. The summed E-state index contributed by atoms with van der Waals surface area (Å²) in [5, 5.41) is 12.6. The number of methoxy groups -OCH3 is 1. The molecule has 2 amide bonds. The minimum absolute atomic E-state index is 0.208. The average molecular weight is 472 g/mol. The number of nitrogens with one attached hydrogen (secondary N) is 5. The second-order valence-corrected chi connectivity index (χ2v) is 7.47. The van der Waals surface area contributed by atoms with Crippen molar-refractivity contribution in [1.29, 1.82) is 0 Å². The van der Waals surface area contributed by atoms with E-state index in [1.165, 1.54) is 6.08 Å². The molecule has 0 aliphatic carbocycles. The van der Waals surface area contributed by atoms with E-state index in [1.807, 2.05) is 36.4 Å². The Morgan fingerprint density at radius 2 is 1.91 bits per heavy atom. The van der Waals surface area contributed by atoms with Crippen molar-refractivity contribution in [1.82, 2.24) is 25.6 Å². The van der Waals surface area contributed by atoms with Gasteiger partial charge >= 0.3 is 0 Å². The van der Waals surface area contributed by atoms with Crippen LogP contribution in [-0.4, -0.2) is 40.9 Å². The van der Waals surface area contributed by atoms with Gasteiger partial charge in [0.25, 0.3) is 5.91 Å². The number of hydrogen-bond acceptors (Lipinski definition) is 7. The number of H-pyrrole nitrogens is 1. The number of benzene rings is 2. The molecule has 35 heavy (non-hydrogen) atoms. The van der Waals surface area contributed by atoms with Crippen LogP contribution >= 0.6 is 0 Å². The van der Waals surface area contributed by atoms with Gasteiger partial charge in [-0.25, -0.2) is 0 Å². The molecule has 0 fully saturated rings. The standard InChI is InChI=1S/C25H25N7O3/c1-4-21(33)28-14-15-9-10-19(20(13-15)35-3)30-25-31-22-17(11-12-27-22)23(32-25)29-18-8-6-5-7-16(18)24(34)26-2/h4-13H,1,14H2,2-3H3,(H,26,34)(H,28,33)(H3,27,29,30,31,32). The molecular weight excluding hydrogens is 446 g/mol. The molecule has 4 aromatic rings. The first-order valence-electron chi connectivity index (χ1n) is 10.8. The van der Waals surface area contributed by atoms with Gasteiger partial charge in [-0.3, -0.25) is 9.59 Å². The number of aromatic nitrogens is 3. The smallest absolute Gasteiger partial charge is 0.253 e. The minimum Gasteiger partial charge on any atom is -0.495 e. The number of carbonyl (C=O) groups is 2. The van der Waals surface area contributed by atoms with Crippen LogP contribution in [0.1, 0.15) is 15.9 Å². The van der Waals surface area contributed by atoms with Gasteiger partial charge in [0.1, 0.15) is 17.2 Å². The maximum absolute atomic E-state index is 12.3. The van der Waals surface area contributed by atoms with E-state index in [2.05, 4.69) is 42.8 Å². The van der Waals surface area contributed by atoms with Crippen LogP contribution < -0.4 is 26.0 Å². The quantitative estimate of drug-likeness (QED) is 0.236. The molecule has 2 aromatic carbocycles. The molecule has 5 N–H and O–H groups in total. The summed E-state index contributed by atoms with van der Waals surface area (Å²) < 4.78 is 5.53. The molecule has 0 atom stereocenters. The molecule has 0 bridgehead atoms.